The second kappa shape index (κ2) is 4.92. The standard InChI is InChI=1S/C16H21N3O4/c17-10-14(4-6-16(7-5-14)22-8-9-23-16)11-19-13(21)18-12(20)15(19)2-1-3-15/h1-9,11H2,(H,18,20,21). The predicted molar refractivity (Wildman–Crippen MR) is 78.0 cm³/mol. The molecule has 2 saturated heterocycles. The average molecular weight is 319 g/mol. The lowest BCUT2D eigenvalue weighted by Crippen LogP contribution is -2.58. The van der Waals surface area contributed by atoms with E-state index in [0.717, 1.165) is 6.42 Å². The Morgan fingerprint density at radius 1 is 1.09 bits per heavy atom. The van der Waals surface area contributed by atoms with E-state index < -0.39 is 16.7 Å². The Morgan fingerprint density at radius 2 is 1.74 bits per heavy atom. The van der Waals surface area contributed by atoms with E-state index in [9.17, 15) is 14.9 Å². The monoisotopic (exact) mass is 319 g/mol. The van der Waals surface area contributed by atoms with Crippen LogP contribution in [-0.2, 0) is 14.3 Å². The number of imide groups is 1. The lowest BCUT2D eigenvalue weighted by Gasteiger charge is -2.47. The Labute approximate surface area is 134 Å². The van der Waals surface area contributed by atoms with E-state index in [4.69, 9.17) is 9.47 Å². The third-order valence-electron chi connectivity index (χ3n) is 6.07. The number of rotatable bonds is 2. The minimum atomic E-state index is -0.698. The van der Waals surface area contributed by atoms with Crippen molar-refractivity contribution >= 4 is 11.9 Å². The summed E-state index contributed by atoms with van der Waals surface area (Å²) in [6.45, 7) is 1.52. The molecule has 0 radical (unpaired) electrons. The Balaban J connectivity index is 1.51. The van der Waals surface area contributed by atoms with Crippen LogP contribution < -0.4 is 5.32 Å². The summed E-state index contributed by atoms with van der Waals surface area (Å²) in [6.07, 6.45) is 4.91. The molecule has 0 unspecified atom stereocenters. The van der Waals surface area contributed by atoms with Crippen molar-refractivity contribution in [2.24, 2.45) is 5.41 Å². The molecule has 2 aliphatic carbocycles. The van der Waals surface area contributed by atoms with Gasteiger partial charge in [-0.3, -0.25) is 10.1 Å². The largest absolute Gasteiger partial charge is 0.348 e. The highest BCUT2D eigenvalue weighted by molar-refractivity contribution is 6.07. The fourth-order valence-corrected chi connectivity index (χ4v) is 4.33. The number of carbonyl (C=O) groups is 2. The van der Waals surface area contributed by atoms with E-state index in [2.05, 4.69) is 11.4 Å². The smallest absolute Gasteiger partial charge is 0.325 e. The van der Waals surface area contributed by atoms with Crippen LogP contribution in [0.25, 0.3) is 0 Å². The third kappa shape index (κ3) is 2.08. The van der Waals surface area contributed by atoms with Crippen LogP contribution in [0, 0.1) is 16.7 Å². The summed E-state index contributed by atoms with van der Waals surface area (Å²) >= 11 is 0. The third-order valence-corrected chi connectivity index (χ3v) is 6.07. The molecular weight excluding hydrogens is 298 g/mol. The van der Waals surface area contributed by atoms with Gasteiger partial charge in [-0.05, 0) is 32.1 Å². The Morgan fingerprint density at radius 3 is 2.26 bits per heavy atom. The van der Waals surface area contributed by atoms with Crippen molar-refractivity contribution in [1.29, 1.82) is 5.26 Å². The zero-order chi connectivity index (χ0) is 16.1. The summed E-state index contributed by atoms with van der Waals surface area (Å²) in [4.78, 5) is 26.0. The fraction of sp³-hybridized carbons (Fsp3) is 0.812. The van der Waals surface area contributed by atoms with Crippen molar-refractivity contribution in [2.45, 2.75) is 56.3 Å². The van der Waals surface area contributed by atoms with Gasteiger partial charge in [-0.2, -0.15) is 5.26 Å². The summed E-state index contributed by atoms with van der Waals surface area (Å²) in [7, 11) is 0. The van der Waals surface area contributed by atoms with Gasteiger partial charge in [0.05, 0.1) is 24.7 Å². The van der Waals surface area contributed by atoms with Crippen LogP contribution in [-0.4, -0.2) is 47.9 Å². The van der Waals surface area contributed by atoms with Crippen molar-refractivity contribution in [3.05, 3.63) is 0 Å². The number of ether oxygens (including phenoxy) is 2. The van der Waals surface area contributed by atoms with Gasteiger partial charge in [0.2, 0.25) is 0 Å². The zero-order valence-corrected chi connectivity index (χ0v) is 13.1. The van der Waals surface area contributed by atoms with Crippen LogP contribution in [0.3, 0.4) is 0 Å². The van der Waals surface area contributed by atoms with Crippen LogP contribution in [0.2, 0.25) is 0 Å². The normalized spacial score (nSPS) is 30.3. The van der Waals surface area contributed by atoms with Gasteiger partial charge in [-0.15, -0.1) is 0 Å². The summed E-state index contributed by atoms with van der Waals surface area (Å²) < 4.78 is 11.4. The molecule has 7 nitrogen and oxygen atoms in total. The molecule has 4 aliphatic rings. The van der Waals surface area contributed by atoms with Crippen LogP contribution in [0.15, 0.2) is 0 Å². The topological polar surface area (TPSA) is 91.7 Å². The Bertz CT molecular complexity index is 577. The van der Waals surface area contributed by atoms with Crippen molar-refractivity contribution in [3.63, 3.8) is 0 Å². The number of hydrogen-bond donors (Lipinski definition) is 1. The van der Waals surface area contributed by atoms with Gasteiger partial charge < -0.3 is 14.4 Å². The molecule has 4 rings (SSSR count). The van der Waals surface area contributed by atoms with Gasteiger partial charge >= 0.3 is 6.03 Å². The van der Waals surface area contributed by atoms with Crippen molar-refractivity contribution in [1.82, 2.24) is 10.2 Å². The van der Waals surface area contributed by atoms with Gasteiger partial charge in [-0.1, -0.05) is 0 Å². The van der Waals surface area contributed by atoms with E-state index >= 15 is 0 Å². The highest BCUT2D eigenvalue weighted by Crippen LogP contribution is 2.48. The summed E-state index contributed by atoms with van der Waals surface area (Å²) in [5.41, 5.74) is -1.32. The van der Waals surface area contributed by atoms with Crippen molar-refractivity contribution in [2.75, 3.05) is 19.8 Å². The summed E-state index contributed by atoms with van der Waals surface area (Å²) in [5.74, 6) is -0.728. The molecule has 124 valence electrons. The molecule has 2 saturated carbocycles. The Kier molecular flexibility index (Phi) is 3.19. The molecule has 7 heteroatoms. The minimum Gasteiger partial charge on any atom is -0.348 e. The lowest BCUT2D eigenvalue weighted by atomic mass is 9.70. The summed E-state index contributed by atoms with van der Waals surface area (Å²) in [6, 6.07) is 2.08. The molecule has 0 aromatic carbocycles. The predicted octanol–water partition coefficient (Wildman–Crippen LogP) is 1.29. The first-order chi connectivity index (χ1) is 11.0. The molecule has 23 heavy (non-hydrogen) atoms. The molecule has 2 aliphatic heterocycles. The zero-order valence-electron chi connectivity index (χ0n) is 13.1. The van der Waals surface area contributed by atoms with Crippen LogP contribution >= 0.6 is 0 Å². The van der Waals surface area contributed by atoms with Crippen LogP contribution in [0.4, 0.5) is 4.79 Å². The minimum absolute atomic E-state index is 0.198. The molecular formula is C16H21N3O4. The number of nitriles is 1. The fourth-order valence-electron chi connectivity index (χ4n) is 4.33. The molecule has 3 amide bonds. The number of nitrogens with one attached hydrogen (secondary N) is 1. The first kappa shape index (κ1) is 14.9. The molecule has 0 bridgehead atoms. The van der Waals surface area contributed by atoms with E-state index in [1.165, 1.54) is 0 Å². The number of carbonyl (C=O) groups excluding carboxylic acids is 2. The van der Waals surface area contributed by atoms with Crippen molar-refractivity contribution < 1.29 is 19.1 Å². The number of amides is 3. The Hall–Kier alpha value is -1.65. The summed E-state index contributed by atoms with van der Waals surface area (Å²) in [5, 5.41) is 12.2. The van der Waals surface area contributed by atoms with Gasteiger partial charge in [0, 0.05) is 19.4 Å². The van der Waals surface area contributed by atoms with Crippen LogP contribution in [0.1, 0.15) is 44.9 Å². The van der Waals surface area contributed by atoms with E-state index in [1.807, 2.05) is 0 Å². The highest BCUT2D eigenvalue weighted by Gasteiger charge is 2.59. The molecule has 0 aromatic rings. The van der Waals surface area contributed by atoms with Crippen molar-refractivity contribution in [3.8, 4) is 6.07 Å². The van der Waals surface area contributed by atoms with E-state index in [-0.39, 0.29) is 11.9 Å². The van der Waals surface area contributed by atoms with Gasteiger partial charge in [0.25, 0.3) is 5.91 Å². The average Bonchev–Trinajstić information content (AvgIpc) is 3.05. The van der Waals surface area contributed by atoms with Gasteiger partial charge in [0.15, 0.2) is 5.79 Å². The van der Waals surface area contributed by atoms with E-state index in [0.29, 0.717) is 58.3 Å². The quantitative estimate of drug-likeness (QED) is 0.774. The molecule has 0 atom stereocenters. The lowest BCUT2D eigenvalue weighted by molar-refractivity contribution is -0.188. The molecule has 1 N–H and O–H groups in total. The molecule has 2 spiro atoms. The second-order valence-corrected chi connectivity index (χ2v) is 7.23. The highest BCUT2D eigenvalue weighted by atomic mass is 16.7. The SMILES string of the molecule is N#CC1(CN2C(=O)NC(=O)C23CCC3)CCC2(CC1)OCCO2. The number of nitrogens with zero attached hydrogens (tertiary/aromatic N) is 2. The molecule has 4 fully saturated rings. The molecule has 2 heterocycles. The van der Waals surface area contributed by atoms with E-state index in [1.54, 1.807) is 4.90 Å². The number of urea groups is 1. The first-order valence-corrected chi connectivity index (χ1v) is 8.36. The number of hydrogen-bond acceptors (Lipinski definition) is 5. The first-order valence-electron chi connectivity index (χ1n) is 8.36. The maximum atomic E-state index is 12.2. The molecule has 0 aromatic heterocycles. The maximum absolute atomic E-state index is 12.2. The van der Waals surface area contributed by atoms with Crippen LogP contribution in [0.5, 0.6) is 0 Å². The maximum Gasteiger partial charge on any atom is 0.325 e. The van der Waals surface area contributed by atoms with Gasteiger partial charge in [0.1, 0.15) is 5.54 Å². The van der Waals surface area contributed by atoms with Gasteiger partial charge in [-0.25, -0.2) is 4.79 Å². The second-order valence-electron chi connectivity index (χ2n) is 7.23.